The summed E-state index contributed by atoms with van der Waals surface area (Å²) < 4.78 is 0. The average molecular weight is 304 g/mol. The third-order valence-corrected chi connectivity index (χ3v) is 4.45. The van der Waals surface area contributed by atoms with Crippen LogP contribution in [0.5, 0.6) is 0 Å². The molecule has 0 radical (unpaired) electrons. The molecule has 0 saturated carbocycles. The number of hydrogen-bond acceptors (Lipinski definition) is 2. The molecule has 2 heterocycles. The lowest BCUT2D eigenvalue weighted by Crippen LogP contribution is -2.45. The molecule has 1 aliphatic rings. The highest BCUT2D eigenvalue weighted by atomic mass is 16.2. The van der Waals surface area contributed by atoms with E-state index >= 15 is 0 Å². The SMILES string of the molecule is O=C(c1cc2ccccc2c(=O)[nH]1)N1CC[C@@H]1c1ccccc1. The predicted octanol–water partition coefficient (Wildman–Crippen LogP) is 3.12. The van der Waals surface area contributed by atoms with Gasteiger partial charge in [0.05, 0.1) is 6.04 Å². The van der Waals surface area contributed by atoms with E-state index in [1.807, 2.05) is 53.4 Å². The second-order valence-electron chi connectivity index (χ2n) is 5.81. The van der Waals surface area contributed by atoms with Crippen LogP contribution in [0.1, 0.15) is 28.5 Å². The number of nitrogens with one attached hydrogen (secondary N) is 1. The number of nitrogens with zero attached hydrogens (tertiary/aromatic N) is 1. The topological polar surface area (TPSA) is 53.2 Å². The Bertz CT molecular complexity index is 931. The van der Waals surface area contributed by atoms with Crippen LogP contribution in [0.4, 0.5) is 0 Å². The summed E-state index contributed by atoms with van der Waals surface area (Å²) in [5.74, 6) is -0.118. The van der Waals surface area contributed by atoms with Gasteiger partial charge in [0.2, 0.25) is 0 Å². The summed E-state index contributed by atoms with van der Waals surface area (Å²) in [4.78, 5) is 29.5. The Hall–Kier alpha value is -2.88. The van der Waals surface area contributed by atoms with E-state index in [0.29, 0.717) is 17.6 Å². The summed E-state index contributed by atoms with van der Waals surface area (Å²) in [7, 11) is 0. The molecule has 0 spiro atoms. The molecule has 1 aromatic heterocycles. The molecule has 23 heavy (non-hydrogen) atoms. The van der Waals surface area contributed by atoms with Crippen LogP contribution in [-0.2, 0) is 0 Å². The van der Waals surface area contributed by atoms with Crippen LogP contribution in [-0.4, -0.2) is 22.3 Å². The molecule has 1 aliphatic heterocycles. The van der Waals surface area contributed by atoms with E-state index in [4.69, 9.17) is 0 Å². The minimum absolute atomic E-state index is 0.0960. The van der Waals surface area contributed by atoms with Crippen LogP contribution < -0.4 is 5.56 Å². The molecule has 1 fully saturated rings. The number of amides is 1. The molecule has 114 valence electrons. The summed E-state index contributed by atoms with van der Waals surface area (Å²) >= 11 is 0. The molecule has 4 nitrogen and oxygen atoms in total. The maximum atomic E-state index is 12.8. The van der Waals surface area contributed by atoms with Crippen molar-refractivity contribution in [3.8, 4) is 0 Å². The largest absolute Gasteiger partial charge is 0.330 e. The molecule has 3 aromatic rings. The van der Waals surface area contributed by atoms with E-state index < -0.39 is 0 Å². The zero-order valence-electron chi connectivity index (χ0n) is 12.5. The Labute approximate surface area is 133 Å². The number of benzene rings is 2. The fourth-order valence-electron chi connectivity index (χ4n) is 3.13. The smallest absolute Gasteiger partial charge is 0.270 e. The number of pyridine rings is 1. The van der Waals surface area contributed by atoms with E-state index in [1.165, 1.54) is 0 Å². The highest BCUT2D eigenvalue weighted by Gasteiger charge is 2.34. The zero-order chi connectivity index (χ0) is 15.8. The molecular weight excluding hydrogens is 288 g/mol. The molecule has 1 saturated heterocycles. The van der Waals surface area contributed by atoms with Crippen molar-refractivity contribution < 1.29 is 4.79 Å². The van der Waals surface area contributed by atoms with Crippen molar-refractivity contribution in [2.24, 2.45) is 0 Å². The number of likely N-dealkylation sites (tertiary alicyclic amines) is 1. The number of carbonyl (C=O) groups is 1. The Balaban J connectivity index is 1.68. The first kappa shape index (κ1) is 13.8. The van der Waals surface area contributed by atoms with Crippen molar-refractivity contribution in [2.45, 2.75) is 12.5 Å². The molecule has 2 aromatic carbocycles. The minimum atomic E-state index is -0.219. The minimum Gasteiger partial charge on any atom is -0.330 e. The van der Waals surface area contributed by atoms with Crippen molar-refractivity contribution in [1.82, 2.24) is 9.88 Å². The van der Waals surface area contributed by atoms with Crippen molar-refractivity contribution in [1.29, 1.82) is 0 Å². The first-order valence-electron chi connectivity index (χ1n) is 7.72. The van der Waals surface area contributed by atoms with E-state index in [0.717, 1.165) is 17.4 Å². The lowest BCUT2D eigenvalue weighted by molar-refractivity contribution is 0.0454. The predicted molar refractivity (Wildman–Crippen MR) is 89.4 cm³/mol. The summed E-state index contributed by atoms with van der Waals surface area (Å²) in [6.45, 7) is 0.716. The number of rotatable bonds is 2. The van der Waals surface area contributed by atoms with Crippen LogP contribution in [0.15, 0.2) is 65.5 Å². The first-order valence-corrected chi connectivity index (χ1v) is 7.72. The van der Waals surface area contributed by atoms with Crippen molar-refractivity contribution in [3.63, 3.8) is 0 Å². The van der Waals surface area contributed by atoms with Gasteiger partial charge in [-0.3, -0.25) is 9.59 Å². The fourth-order valence-corrected chi connectivity index (χ4v) is 3.13. The molecule has 0 unspecified atom stereocenters. The van der Waals surface area contributed by atoms with Gasteiger partial charge in [0.15, 0.2) is 0 Å². The quantitative estimate of drug-likeness (QED) is 0.791. The number of fused-ring (bicyclic) bond motifs is 1. The molecule has 1 atom stereocenters. The number of carbonyl (C=O) groups excluding carboxylic acids is 1. The zero-order valence-corrected chi connectivity index (χ0v) is 12.5. The lowest BCUT2D eigenvalue weighted by atomic mass is 9.94. The van der Waals surface area contributed by atoms with Gasteiger partial charge in [-0.2, -0.15) is 0 Å². The third kappa shape index (κ3) is 2.32. The van der Waals surface area contributed by atoms with E-state index in [-0.39, 0.29) is 17.5 Å². The summed E-state index contributed by atoms with van der Waals surface area (Å²) in [5.41, 5.74) is 1.27. The molecule has 4 rings (SSSR count). The Morgan fingerprint density at radius 2 is 1.78 bits per heavy atom. The normalized spacial score (nSPS) is 17.0. The highest BCUT2D eigenvalue weighted by Crippen LogP contribution is 2.34. The van der Waals surface area contributed by atoms with Gasteiger partial charge in [0.1, 0.15) is 5.69 Å². The van der Waals surface area contributed by atoms with Gasteiger partial charge in [0.25, 0.3) is 11.5 Å². The molecular formula is C19H16N2O2. The van der Waals surface area contributed by atoms with Crippen LogP contribution in [0.3, 0.4) is 0 Å². The maximum Gasteiger partial charge on any atom is 0.270 e. The van der Waals surface area contributed by atoms with Gasteiger partial charge in [-0.25, -0.2) is 0 Å². The van der Waals surface area contributed by atoms with Gasteiger partial charge < -0.3 is 9.88 Å². The Morgan fingerprint density at radius 1 is 1.04 bits per heavy atom. The van der Waals surface area contributed by atoms with E-state index in [2.05, 4.69) is 4.98 Å². The van der Waals surface area contributed by atoms with Crippen LogP contribution in [0.2, 0.25) is 0 Å². The Morgan fingerprint density at radius 3 is 2.52 bits per heavy atom. The number of hydrogen-bond donors (Lipinski definition) is 1. The number of H-pyrrole nitrogens is 1. The van der Waals surface area contributed by atoms with Crippen LogP contribution in [0, 0.1) is 0 Å². The van der Waals surface area contributed by atoms with Gasteiger partial charge >= 0.3 is 0 Å². The van der Waals surface area contributed by atoms with Gasteiger partial charge in [-0.1, -0.05) is 48.5 Å². The molecule has 1 amide bonds. The lowest BCUT2D eigenvalue weighted by Gasteiger charge is -2.41. The van der Waals surface area contributed by atoms with Crippen LogP contribution in [0.25, 0.3) is 10.8 Å². The fraction of sp³-hybridized carbons (Fsp3) is 0.158. The average Bonchev–Trinajstić information content (AvgIpc) is 2.55. The van der Waals surface area contributed by atoms with Crippen LogP contribution >= 0.6 is 0 Å². The number of aromatic nitrogens is 1. The van der Waals surface area contributed by atoms with E-state index in [9.17, 15) is 9.59 Å². The van der Waals surface area contributed by atoms with Crippen molar-refractivity contribution in [2.75, 3.05) is 6.54 Å². The Kier molecular flexibility index (Phi) is 3.23. The van der Waals surface area contributed by atoms with Gasteiger partial charge in [-0.05, 0) is 29.5 Å². The second-order valence-corrected chi connectivity index (χ2v) is 5.81. The van der Waals surface area contributed by atoms with Crippen molar-refractivity contribution >= 4 is 16.7 Å². The molecule has 4 heteroatoms. The molecule has 0 aliphatic carbocycles. The molecule has 0 bridgehead atoms. The highest BCUT2D eigenvalue weighted by molar-refractivity contribution is 5.96. The monoisotopic (exact) mass is 304 g/mol. The maximum absolute atomic E-state index is 12.8. The standard InChI is InChI=1S/C19H16N2O2/c22-18-15-9-5-4-8-14(15)12-16(20-18)19(23)21-11-10-17(21)13-6-2-1-3-7-13/h1-9,12,17H,10-11H2,(H,20,22)/t17-/m1/s1. The molecule has 1 N–H and O–H groups in total. The van der Waals surface area contributed by atoms with E-state index in [1.54, 1.807) is 12.1 Å². The third-order valence-electron chi connectivity index (χ3n) is 4.45. The summed E-state index contributed by atoms with van der Waals surface area (Å²) in [6, 6.07) is 19.2. The van der Waals surface area contributed by atoms with Crippen molar-refractivity contribution in [3.05, 3.63) is 82.3 Å². The first-order chi connectivity index (χ1) is 11.2. The van der Waals surface area contributed by atoms with Gasteiger partial charge in [-0.15, -0.1) is 0 Å². The summed E-state index contributed by atoms with van der Waals surface area (Å²) in [6.07, 6.45) is 0.952. The summed E-state index contributed by atoms with van der Waals surface area (Å²) in [5, 5.41) is 1.39. The van der Waals surface area contributed by atoms with Gasteiger partial charge in [0, 0.05) is 11.9 Å². The number of aromatic amines is 1. The second kappa shape index (κ2) is 5.39.